The van der Waals surface area contributed by atoms with Gasteiger partial charge >= 0.3 is 0 Å². The van der Waals surface area contributed by atoms with Crippen molar-refractivity contribution in [3.8, 4) is 0 Å². The number of aliphatic hydroxyl groups excluding tert-OH is 1. The fourth-order valence-electron chi connectivity index (χ4n) is 2.05. The van der Waals surface area contributed by atoms with Gasteiger partial charge < -0.3 is 15.0 Å². The van der Waals surface area contributed by atoms with Crippen LogP contribution in [0.2, 0.25) is 0 Å². The van der Waals surface area contributed by atoms with Crippen LogP contribution in [0.4, 0.5) is 0 Å². The van der Waals surface area contributed by atoms with Crippen LogP contribution in [-0.4, -0.2) is 32.3 Å². The summed E-state index contributed by atoms with van der Waals surface area (Å²) in [6.45, 7) is 3.10. The van der Waals surface area contributed by atoms with Crippen molar-refractivity contribution >= 4 is 18.1 Å². The van der Waals surface area contributed by atoms with E-state index in [0.29, 0.717) is 23.3 Å². The molecule has 2 rings (SSSR count). The number of benzene rings is 1. The van der Waals surface area contributed by atoms with E-state index in [9.17, 15) is 9.90 Å². The second-order valence-corrected chi connectivity index (χ2v) is 4.93. The number of carbonyl (C=O) groups excluding carboxylic acids is 1. The van der Waals surface area contributed by atoms with Crippen molar-refractivity contribution in [2.45, 2.75) is 26.0 Å². The Morgan fingerprint density at radius 2 is 2.19 bits per heavy atom. The molecule has 0 aliphatic carbocycles. The van der Waals surface area contributed by atoms with E-state index in [4.69, 9.17) is 12.2 Å². The average Bonchev–Trinajstić information content (AvgIpc) is 2.87. The highest BCUT2D eigenvalue weighted by Gasteiger charge is 2.16. The number of aliphatic hydroxyl groups is 1. The molecule has 6 nitrogen and oxygen atoms in total. The molecule has 1 amide bonds. The molecule has 1 heterocycles. The van der Waals surface area contributed by atoms with Crippen LogP contribution in [0, 0.1) is 4.77 Å². The maximum Gasteiger partial charge on any atom is 0.253 e. The second-order valence-electron chi connectivity index (χ2n) is 4.54. The zero-order chi connectivity index (χ0) is 15.2. The van der Waals surface area contributed by atoms with Crippen LogP contribution >= 0.6 is 12.2 Å². The Morgan fingerprint density at radius 1 is 1.48 bits per heavy atom. The van der Waals surface area contributed by atoms with Crippen LogP contribution in [0.5, 0.6) is 0 Å². The number of aromatic nitrogens is 3. The molecular weight excluding hydrogens is 288 g/mol. The van der Waals surface area contributed by atoms with Gasteiger partial charge in [0.15, 0.2) is 10.9 Å². The van der Waals surface area contributed by atoms with Crippen LogP contribution in [0.15, 0.2) is 30.3 Å². The molecule has 0 fully saturated rings. The third-order valence-electron chi connectivity index (χ3n) is 3.17. The van der Waals surface area contributed by atoms with Gasteiger partial charge in [-0.15, -0.1) is 0 Å². The van der Waals surface area contributed by atoms with Gasteiger partial charge in [-0.3, -0.25) is 9.89 Å². The Kier molecular flexibility index (Phi) is 5.24. The lowest BCUT2D eigenvalue weighted by molar-refractivity contribution is -0.129. The number of aromatic amines is 1. The van der Waals surface area contributed by atoms with Crippen LogP contribution in [0.25, 0.3) is 0 Å². The van der Waals surface area contributed by atoms with Crippen molar-refractivity contribution < 1.29 is 9.90 Å². The van der Waals surface area contributed by atoms with E-state index in [-0.39, 0.29) is 0 Å². The fraction of sp³-hybridized carbons (Fsp3) is 0.357. The number of H-pyrrole nitrogens is 1. The second kappa shape index (κ2) is 7.14. The maximum atomic E-state index is 11.9. The highest BCUT2D eigenvalue weighted by Crippen LogP contribution is 2.11. The Morgan fingerprint density at radius 3 is 2.86 bits per heavy atom. The quantitative estimate of drug-likeness (QED) is 0.704. The van der Waals surface area contributed by atoms with Gasteiger partial charge in [0.05, 0.1) is 0 Å². The van der Waals surface area contributed by atoms with E-state index in [1.54, 1.807) is 24.3 Å². The summed E-state index contributed by atoms with van der Waals surface area (Å²) in [5, 5.41) is 19.5. The van der Waals surface area contributed by atoms with Gasteiger partial charge in [-0.2, -0.15) is 5.10 Å². The molecule has 112 valence electrons. The zero-order valence-electron chi connectivity index (χ0n) is 11.7. The van der Waals surface area contributed by atoms with Gasteiger partial charge in [-0.05, 0) is 24.7 Å². The fourth-order valence-corrected chi connectivity index (χ4v) is 2.33. The van der Waals surface area contributed by atoms with Crippen molar-refractivity contribution in [3.63, 3.8) is 0 Å². The molecule has 0 aliphatic heterocycles. The van der Waals surface area contributed by atoms with Gasteiger partial charge in [-0.25, -0.2) is 0 Å². The standard InChI is InChI=1S/C14H18N4O2S/c1-2-18-11(16-17-14(18)21)8-9-15-13(20)12(19)10-6-4-3-5-7-10/h3-7,12,19H,2,8-9H2,1H3,(H,15,20)(H,17,21)/t12-/m1/s1. The third-order valence-corrected chi connectivity index (χ3v) is 3.48. The number of nitrogens with one attached hydrogen (secondary N) is 2. The van der Waals surface area contributed by atoms with Gasteiger partial charge in [0.2, 0.25) is 0 Å². The molecule has 0 saturated heterocycles. The smallest absolute Gasteiger partial charge is 0.253 e. The molecule has 2 aromatic rings. The number of nitrogens with zero attached hydrogens (tertiary/aromatic N) is 2. The van der Waals surface area contributed by atoms with Crippen LogP contribution < -0.4 is 5.32 Å². The Hall–Kier alpha value is -1.99. The number of rotatable bonds is 6. The molecule has 0 saturated carbocycles. The summed E-state index contributed by atoms with van der Waals surface area (Å²) in [4.78, 5) is 11.9. The first-order valence-corrected chi connectivity index (χ1v) is 7.19. The lowest BCUT2D eigenvalue weighted by Crippen LogP contribution is -2.31. The van der Waals surface area contributed by atoms with Crippen molar-refractivity contribution in [1.82, 2.24) is 20.1 Å². The molecule has 7 heteroatoms. The molecule has 3 N–H and O–H groups in total. The maximum absolute atomic E-state index is 11.9. The molecule has 1 aromatic carbocycles. The van der Waals surface area contributed by atoms with E-state index >= 15 is 0 Å². The topological polar surface area (TPSA) is 82.9 Å². The monoisotopic (exact) mass is 306 g/mol. The number of carbonyl (C=O) groups is 1. The first kappa shape index (κ1) is 15.4. The lowest BCUT2D eigenvalue weighted by Gasteiger charge is -2.11. The average molecular weight is 306 g/mol. The summed E-state index contributed by atoms with van der Waals surface area (Å²) in [6, 6.07) is 8.83. The minimum atomic E-state index is -1.15. The Labute approximate surface area is 127 Å². The van der Waals surface area contributed by atoms with E-state index < -0.39 is 12.0 Å². The summed E-state index contributed by atoms with van der Waals surface area (Å²) in [5.74, 6) is 0.371. The molecular formula is C14H18N4O2S. The van der Waals surface area contributed by atoms with Crippen LogP contribution in [0.1, 0.15) is 24.4 Å². The van der Waals surface area contributed by atoms with Gasteiger partial charge in [0.25, 0.3) is 5.91 Å². The molecule has 0 spiro atoms. The minimum Gasteiger partial charge on any atom is -0.378 e. The molecule has 0 radical (unpaired) electrons. The number of amides is 1. The van der Waals surface area contributed by atoms with Crippen molar-refractivity contribution in [2.24, 2.45) is 0 Å². The summed E-state index contributed by atoms with van der Waals surface area (Å²) in [6.07, 6.45) is -0.605. The Balaban J connectivity index is 1.88. The summed E-state index contributed by atoms with van der Waals surface area (Å²) in [7, 11) is 0. The van der Waals surface area contributed by atoms with Crippen molar-refractivity contribution in [1.29, 1.82) is 0 Å². The molecule has 0 aliphatic rings. The van der Waals surface area contributed by atoms with Gasteiger partial charge in [-0.1, -0.05) is 30.3 Å². The predicted molar refractivity (Wildman–Crippen MR) is 81.2 cm³/mol. The van der Waals surface area contributed by atoms with E-state index in [2.05, 4.69) is 15.5 Å². The molecule has 21 heavy (non-hydrogen) atoms. The molecule has 1 aromatic heterocycles. The molecule has 0 bridgehead atoms. The van der Waals surface area contributed by atoms with Crippen LogP contribution in [-0.2, 0) is 17.8 Å². The van der Waals surface area contributed by atoms with Gasteiger partial charge in [0, 0.05) is 19.5 Å². The normalized spacial score (nSPS) is 12.1. The highest BCUT2D eigenvalue weighted by molar-refractivity contribution is 7.71. The predicted octanol–water partition coefficient (Wildman–Crippen LogP) is 1.35. The first-order chi connectivity index (χ1) is 10.1. The summed E-state index contributed by atoms with van der Waals surface area (Å²) in [5.41, 5.74) is 0.575. The van der Waals surface area contributed by atoms with E-state index in [1.807, 2.05) is 17.6 Å². The van der Waals surface area contributed by atoms with Crippen molar-refractivity contribution in [3.05, 3.63) is 46.5 Å². The number of hydrogen-bond acceptors (Lipinski definition) is 4. The van der Waals surface area contributed by atoms with E-state index in [0.717, 1.165) is 12.4 Å². The zero-order valence-corrected chi connectivity index (χ0v) is 12.6. The number of hydrogen-bond donors (Lipinski definition) is 3. The van der Waals surface area contributed by atoms with Crippen LogP contribution in [0.3, 0.4) is 0 Å². The SMILES string of the molecule is CCn1c(CCNC(=O)[C@H](O)c2ccccc2)n[nH]c1=S. The summed E-state index contributed by atoms with van der Waals surface area (Å²) < 4.78 is 2.44. The lowest BCUT2D eigenvalue weighted by atomic mass is 10.1. The molecule has 0 unspecified atom stereocenters. The van der Waals surface area contributed by atoms with Gasteiger partial charge in [0.1, 0.15) is 5.82 Å². The summed E-state index contributed by atoms with van der Waals surface area (Å²) >= 11 is 5.10. The minimum absolute atomic E-state index is 0.391. The highest BCUT2D eigenvalue weighted by atomic mass is 32.1. The van der Waals surface area contributed by atoms with Crippen molar-refractivity contribution in [2.75, 3.05) is 6.54 Å². The molecule has 1 atom stereocenters. The third kappa shape index (κ3) is 3.77. The van der Waals surface area contributed by atoms with E-state index in [1.165, 1.54) is 0 Å². The Bertz CT molecular complexity index is 650. The first-order valence-electron chi connectivity index (χ1n) is 6.78. The largest absolute Gasteiger partial charge is 0.378 e.